The molecule has 1 aromatic carbocycles. The summed E-state index contributed by atoms with van der Waals surface area (Å²) < 4.78 is 6.64. The molecule has 0 saturated heterocycles. The Morgan fingerprint density at radius 2 is 1.88 bits per heavy atom. The van der Waals surface area contributed by atoms with Gasteiger partial charge in [-0.1, -0.05) is 45.0 Å². The average Bonchev–Trinajstić information content (AvgIpc) is 2.91. The van der Waals surface area contributed by atoms with Crippen molar-refractivity contribution in [3.63, 3.8) is 0 Å². The highest BCUT2D eigenvalue weighted by Crippen LogP contribution is 2.19. The molecule has 24 heavy (non-hydrogen) atoms. The summed E-state index contributed by atoms with van der Waals surface area (Å²) in [6.45, 7) is 11.1. The van der Waals surface area contributed by atoms with Crippen LogP contribution < -0.4 is 0 Å². The van der Waals surface area contributed by atoms with Gasteiger partial charge < -0.3 is 4.74 Å². The van der Waals surface area contributed by atoms with E-state index in [1.54, 1.807) is 10.7 Å². The van der Waals surface area contributed by atoms with Gasteiger partial charge in [-0.05, 0) is 48.1 Å². The molecule has 0 atom stereocenters. The molecule has 0 radical (unpaired) electrons. The molecule has 0 aliphatic rings. The van der Waals surface area contributed by atoms with Gasteiger partial charge in [-0.15, -0.1) is 0 Å². The van der Waals surface area contributed by atoms with E-state index in [1.807, 2.05) is 12.1 Å². The minimum absolute atomic E-state index is 0.0574. The maximum Gasteiger partial charge on any atom is 0.356 e. The molecule has 0 aliphatic carbocycles. The van der Waals surface area contributed by atoms with E-state index in [0.29, 0.717) is 12.2 Å². The Morgan fingerprint density at radius 3 is 2.42 bits per heavy atom. The lowest BCUT2D eigenvalue weighted by molar-refractivity contribution is 0.0587. The van der Waals surface area contributed by atoms with Gasteiger partial charge in [0, 0.05) is 0 Å². The van der Waals surface area contributed by atoms with Crippen molar-refractivity contribution in [3.05, 3.63) is 58.4 Å². The zero-order chi connectivity index (χ0) is 17.9. The van der Waals surface area contributed by atoms with Gasteiger partial charge in [-0.25, -0.2) is 4.79 Å². The molecule has 0 aliphatic heterocycles. The average molecular weight is 326 g/mol. The molecule has 128 valence electrons. The van der Waals surface area contributed by atoms with Crippen LogP contribution in [-0.2, 0) is 11.3 Å². The molecule has 4 nitrogen and oxygen atoms in total. The summed E-state index contributed by atoms with van der Waals surface area (Å²) in [4.78, 5) is 12.1. The highest BCUT2D eigenvalue weighted by Gasteiger charge is 2.17. The number of esters is 1. The number of benzene rings is 1. The number of aromatic nitrogens is 2. The fraction of sp³-hybridized carbons (Fsp3) is 0.400. The summed E-state index contributed by atoms with van der Waals surface area (Å²) in [5.74, 6) is -0.371. The van der Waals surface area contributed by atoms with Crippen molar-refractivity contribution >= 4 is 12.0 Å². The van der Waals surface area contributed by atoms with E-state index in [0.717, 1.165) is 5.69 Å². The number of hydrogen-bond donors (Lipinski definition) is 0. The Bertz CT molecular complexity index is 744. The molecule has 0 spiro atoms. The van der Waals surface area contributed by atoms with Crippen molar-refractivity contribution in [1.82, 2.24) is 9.78 Å². The van der Waals surface area contributed by atoms with Gasteiger partial charge in [0.15, 0.2) is 0 Å². The van der Waals surface area contributed by atoms with E-state index >= 15 is 0 Å². The summed E-state index contributed by atoms with van der Waals surface area (Å²) in [6, 6.07) is 7.96. The second-order valence-electron chi connectivity index (χ2n) is 7.17. The van der Waals surface area contributed by atoms with Crippen LogP contribution in [0, 0.1) is 19.3 Å². The number of allylic oxidation sites excluding steroid dienone is 1. The predicted octanol–water partition coefficient (Wildman–Crippen LogP) is 4.39. The van der Waals surface area contributed by atoms with Crippen LogP contribution in [0.5, 0.6) is 0 Å². The smallest absolute Gasteiger partial charge is 0.356 e. The number of nitrogens with zero attached hydrogens (tertiary/aromatic N) is 2. The zero-order valence-electron chi connectivity index (χ0n) is 15.4. The lowest BCUT2D eigenvalue weighted by atomic mass is 9.96. The maximum absolute atomic E-state index is 12.1. The first kappa shape index (κ1) is 18.0. The van der Waals surface area contributed by atoms with Gasteiger partial charge in [0.25, 0.3) is 0 Å². The predicted molar refractivity (Wildman–Crippen MR) is 97.1 cm³/mol. The van der Waals surface area contributed by atoms with E-state index in [1.165, 1.54) is 23.8 Å². The molecule has 2 aromatic rings. The standard InChI is InChI=1S/C20H26N2O2/c1-14-8-7-9-15(2)17(14)13-22-18(19(23)24-6)12-16(21-22)10-11-20(3,4)5/h7-12H,13H2,1-6H3/b11-10+. The second kappa shape index (κ2) is 7.04. The van der Waals surface area contributed by atoms with E-state index in [4.69, 9.17) is 4.74 Å². The molecule has 0 N–H and O–H groups in total. The van der Waals surface area contributed by atoms with Gasteiger partial charge in [0.2, 0.25) is 0 Å². The zero-order valence-corrected chi connectivity index (χ0v) is 15.4. The van der Waals surface area contributed by atoms with Crippen molar-refractivity contribution < 1.29 is 9.53 Å². The molecule has 0 unspecified atom stereocenters. The Balaban J connectivity index is 2.42. The summed E-state index contributed by atoms with van der Waals surface area (Å²) in [5, 5.41) is 4.59. The third-order valence-corrected chi connectivity index (χ3v) is 3.90. The summed E-state index contributed by atoms with van der Waals surface area (Å²) in [7, 11) is 1.39. The van der Waals surface area contributed by atoms with E-state index in [-0.39, 0.29) is 11.4 Å². The lowest BCUT2D eigenvalue weighted by Crippen LogP contribution is -2.14. The van der Waals surface area contributed by atoms with Crippen LogP contribution in [0.25, 0.3) is 6.08 Å². The van der Waals surface area contributed by atoms with Crippen LogP contribution in [0.2, 0.25) is 0 Å². The van der Waals surface area contributed by atoms with E-state index < -0.39 is 0 Å². The Hall–Kier alpha value is -2.36. The highest BCUT2D eigenvalue weighted by atomic mass is 16.5. The van der Waals surface area contributed by atoms with Gasteiger partial charge in [-0.3, -0.25) is 4.68 Å². The third kappa shape index (κ3) is 4.34. The van der Waals surface area contributed by atoms with Crippen LogP contribution in [-0.4, -0.2) is 22.9 Å². The number of hydrogen-bond acceptors (Lipinski definition) is 3. The molecule has 0 amide bonds. The summed E-state index contributed by atoms with van der Waals surface area (Å²) >= 11 is 0. The monoisotopic (exact) mass is 326 g/mol. The number of carbonyl (C=O) groups excluding carboxylic acids is 1. The molecule has 0 saturated carbocycles. The molecule has 2 rings (SSSR count). The van der Waals surface area contributed by atoms with Gasteiger partial charge in [0.1, 0.15) is 5.69 Å². The fourth-order valence-corrected chi connectivity index (χ4v) is 2.49. The number of methoxy groups -OCH3 is 1. The quantitative estimate of drug-likeness (QED) is 0.783. The first-order chi connectivity index (χ1) is 11.2. The number of rotatable bonds is 4. The first-order valence-electron chi connectivity index (χ1n) is 8.12. The van der Waals surface area contributed by atoms with E-state index in [2.05, 4.69) is 57.9 Å². The Kier molecular flexibility index (Phi) is 5.27. The fourth-order valence-electron chi connectivity index (χ4n) is 2.49. The minimum atomic E-state index is -0.371. The summed E-state index contributed by atoms with van der Waals surface area (Å²) in [6.07, 6.45) is 4.04. The van der Waals surface area contributed by atoms with Crippen molar-refractivity contribution in [3.8, 4) is 0 Å². The molecule has 4 heteroatoms. The number of ether oxygens (including phenoxy) is 1. The van der Waals surface area contributed by atoms with Gasteiger partial charge in [-0.2, -0.15) is 5.10 Å². The maximum atomic E-state index is 12.1. The van der Waals surface area contributed by atoms with E-state index in [9.17, 15) is 4.79 Å². The van der Waals surface area contributed by atoms with Crippen LogP contribution in [0.3, 0.4) is 0 Å². The number of carbonyl (C=O) groups is 1. The SMILES string of the molecule is COC(=O)c1cc(/C=C/C(C)(C)C)nn1Cc1c(C)cccc1C. The molecule has 0 fully saturated rings. The Morgan fingerprint density at radius 1 is 1.25 bits per heavy atom. The topological polar surface area (TPSA) is 44.1 Å². The minimum Gasteiger partial charge on any atom is -0.464 e. The normalized spacial score (nSPS) is 11.9. The van der Waals surface area contributed by atoms with Crippen LogP contribution in [0.1, 0.15) is 53.6 Å². The molecule has 1 aromatic heterocycles. The molecule has 0 bridgehead atoms. The molecular formula is C20H26N2O2. The van der Waals surface area contributed by atoms with Crippen molar-refractivity contribution in [1.29, 1.82) is 0 Å². The number of aryl methyl sites for hydroxylation is 2. The Labute approximate surface area is 144 Å². The molecule has 1 heterocycles. The van der Waals surface area contributed by atoms with Crippen molar-refractivity contribution in [2.24, 2.45) is 5.41 Å². The van der Waals surface area contributed by atoms with Crippen molar-refractivity contribution in [2.45, 2.75) is 41.2 Å². The summed E-state index contributed by atoms with van der Waals surface area (Å²) in [5.41, 5.74) is 4.84. The van der Waals surface area contributed by atoms with Crippen LogP contribution >= 0.6 is 0 Å². The van der Waals surface area contributed by atoms with Gasteiger partial charge >= 0.3 is 5.97 Å². The lowest BCUT2D eigenvalue weighted by Gasteiger charge is -2.11. The first-order valence-corrected chi connectivity index (χ1v) is 8.12. The second-order valence-corrected chi connectivity index (χ2v) is 7.17. The van der Waals surface area contributed by atoms with Gasteiger partial charge in [0.05, 0.1) is 19.3 Å². The van der Waals surface area contributed by atoms with Crippen LogP contribution in [0.15, 0.2) is 30.3 Å². The third-order valence-electron chi connectivity index (χ3n) is 3.90. The molecular weight excluding hydrogens is 300 g/mol. The highest BCUT2D eigenvalue weighted by molar-refractivity contribution is 5.88. The largest absolute Gasteiger partial charge is 0.464 e. The van der Waals surface area contributed by atoms with Crippen LogP contribution in [0.4, 0.5) is 0 Å². The van der Waals surface area contributed by atoms with Crippen molar-refractivity contribution in [2.75, 3.05) is 7.11 Å².